The number of likely N-dealkylation sites (N-methyl/N-ethyl adjacent to an activating group) is 1. The van der Waals surface area contributed by atoms with Crippen molar-refractivity contribution in [2.75, 3.05) is 46.4 Å². The standard InChI is InChI=1S/C49H62ClN7O6/c1-47(2)44(48(3,4)45(47)63-35-10-8-30(24-51)39(50)23-35)55-42(58)31-25-53-46(54-26-31)57-20-17-29(18-21-57)28-61-33-11-13-34(14-12-33)62-40-15-9-32(49(5,6)60)22-37(40)38-27-56(7)43(59)41-36(38)16-19-52-41/h8-15,22-23,27,29,31,36,41,44-46,52-54,60H,16-21,25-26,28H2,1-7H3,(H,55,58). The predicted molar refractivity (Wildman–Crippen MR) is 242 cm³/mol. The number of nitrogens with one attached hydrogen (secondary N) is 4. The fourth-order valence-corrected chi connectivity index (χ4v) is 10.9. The number of fused-ring (bicyclic) bond motifs is 1. The molecule has 2 atom stereocenters. The second kappa shape index (κ2) is 17.7. The van der Waals surface area contributed by atoms with E-state index < -0.39 is 5.60 Å². The first kappa shape index (κ1) is 44.9. The van der Waals surface area contributed by atoms with Crippen molar-refractivity contribution < 1.29 is 28.9 Å². The average molecular weight is 881 g/mol. The molecule has 2 amide bonds. The number of ether oxygens (including phenoxy) is 3. The maximum atomic E-state index is 13.6. The number of hydrogen-bond donors (Lipinski definition) is 5. The molecule has 0 bridgehead atoms. The molecule has 13 nitrogen and oxygen atoms in total. The Morgan fingerprint density at radius 1 is 0.952 bits per heavy atom. The van der Waals surface area contributed by atoms with Crippen molar-refractivity contribution >= 4 is 29.0 Å². The number of likely N-dealkylation sites (tertiary alicyclic amines) is 1. The van der Waals surface area contributed by atoms with Gasteiger partial charge in [0.05, 0.1) is 34.8 Å². The van der Waals surface area contributed by atoms with Crippen LogP contribution in [0.15, 0.2) is 66.9 Å². The van der Waals surface area contributed by atoms with Crippen molar-refractivity contribution in [1.82, 2.24) is 31.1 Å². The molecule has 4 fully saturated rings. The van der Waals surface area contributed by atoms with Gasteiger partial charge < -0.3 is 34.9 Å². The lowest BCUT2D eigenvalue weighted by atomic mass is 9.49. The lowest BCUT2D eigenvalue weighted by Gasteiger charge is -2.63. The number of nitriles is 1. The zero-order chi connectivity index (χ0) is 44.8. The number of benzene rings is 3. The van der Waals surface area contributed by atoms with Gasteiger partial charge in [-0.1, -0.05) is 45.4 Å². The van der Waals surface area contributed by atoms with E-state index in [9.17, 15) is 20.0 Å². The van der Waals surface area contributed by atoms with Crippen LogP contribution in [-0.2, 0) is 15.2 Å². The Bertz CT molecular complexity index is 2240. The maximum Gasteiger partial charge on any atom is 0.244 e. The second-order valence-electron chi connectivity index (χ2n) is 19.7. The first-order valence-corrected chi connectivity index (χ1v) is 22.7. The quantitative estimate of drug-likeness (QED) is 0.141. The smallest absolute Gasteiger partial charge is 0.244 e. The van der Waals surface area contributed by atoms with Gasteiger partial charge in [-0.05, 0) is 105 Å². The van der Waals surface area contributed by atoms with Gasteiger partial charge >= 0.3 is 0 Å². The highest BCUT2D eigenvalue weighted by Gasteiger charge is 2.64. The molecule has 5 N–H and O–H groups in total. The first-order chi connectivity index (χ1) is 29.9. The number of amides is 2. The monoisotopic (exact) mass is 879 g/mol. The SMILES string of the molecule is CN1C=C(c2cc(C(C)(C)O)ccc2Oc2ccc(OCC3CCN(C4NCC(C(=O)NC5C(C)(C)C(Oc6ccc(C#N)c(Cl)c6)C5(C)C)CN4)CC3)cc2)C2CCNC2C1=O. The molecule has 8 rings (SSSR count). The highest BCUT2D eigenvalue weighted by molar-refractivity contribution is 6.31. The van der Waals surface area contributed by atoms with Gasteiger partial charge in [-0.15, -0.1) is 0 Å². The predicted octanol–water partition coefficient (Wildman–Crippen LogP) is 6.20. The number of piperidine rings is 1. The molecule has 0 radical (unpaired) electrons. The van der Waals surface area contributed by atoms with Crippen LogP contribution in [0.5, 0.6) is 23.0 Å². The van der Waals surface area contributed by atoms with Crippen LogP contribution < -0.4 is 35.5 Å². The van der Waals surface area contributed by atoms with Gasteiger partial charge in [-0.2, -0.15) is 5.26 Å². The molecule has 1 aliphatic carbocycles. The maximum absolute atomic E-state index is 13.6. The van der Waals surface area contributed by atoms with Crippen molar-refractivity contribution in [3.8, 4) is 29.1 Å². The molecule has 336 valence electrons. The number of carbonyl (C=O) groups excluding carboxylic acids is 2. The van der Waals surface area contributed by atoms with Crippen molar-refractivity contribution in [2.24, 2.45) is 28.6 Å². The van der Waals surface area contributed by atoms with Gasteiger partial charge in [0.25, 0.3) is 0 Å². The van der Waals surface area contributed by atoms with Crippen LogP contribution in [0.2, 0.25) is 5.02 Å². The number of hydrogen-bond acceptors (Lipinski definition) is 11. The van der Waals surface area contributed by atoms with Crippen LogP contribution in [0.1, 0.15) is 77.5 Å². The van der Waals surface area contributed by atoms with Crippen LogP contribution in [-0.4, -0.2) is 97.6 Å². The Morgan fingerprint density at radius 2 is 1.62 bits per heavy atom. The van der Waals surface area contributed by atoms with Crippen LogP contribution >= 0.6 is 11.6 Å². The summed E-state index contributed by atoms with van der Waals surface area (Å²) in [6, 6.07) is 20.3. The molecule has 14 heteroatoms. The number of rotatable bonds is 12. The van der Waals surface area contributed by atoms with Crippen molar-refractivity contribution in [3.63, 3.8) is 0 Å². The highest BCUT2D eigenvalue weighted by Crippen LogP contribution is 2.55. The van der Waals surface area contributed by atoms with Gasteiger partial charge in [-0.3, -0.25) is 25.1 Å². The Morgan fingerprint density at radius 3 is 2.27 bits per heavy atom. The van der Waals surface area contributed by atoms with Gasteiger partial charge in [0, 0.05) is 73.8 Å². The summed E-state index contributed by atoms with van der Waals surface area (Å²) >= 11 is 6.27. The van der Waals surface area contributed by atoms with Gasteiger partial charge in [0.1, 0.15) is 41.5 Å². The summed E-state index contributed by atoms with van der Waals surface area (Å²) in [5, 5.41) is 34.4. The fourth-order valence-electron chi connectivity index (χ4n) is 10.7. The van der Waals surface area contributed by atoms with Crippen molar-refractivity contribution in [3.05, 3.63) is 88.6 Å². The molecule has 0 aromatic heterocycles. The number of nitrogens with zero attached hydrogens (tertiary/aromatic N) is 3. The summed E-state index contributed by atoms with van der Waals surface area (Å²) < 4.78 is 19.2. The third-order valence-corrected chi connectivity index (χ3v) is 14.4. The van der Waals surface area contributed by atoms with E-state index in [-0.39, 0.29) is 59.0 Å². The molecular formula is C49H62ClN7O6. The zero-order valence-corrected chi connectivity index (χ0v) is 38.2. The van der Waals surface area contributed by atoms with Gasteiger partial charge in [0.15, 0.2) is 0 Å². The summed E-state index contributed by atoms with van der Waals surface area (Å²) in [6.45, 7) is 16.4. The van der Waals surface area contributed by atoms with Crippen molar-refractivity contribution in [2.45, 2.75) is 90.9 Å². The lowest BCUT2D eigenvalue weighted by molar-refractivity contribution is -0.174. The molecule has 3 aromatic rings. The third kappa shape index (κ3) is 9.17. The Kier molecular flexibility index (Phi) is 12.6. The third-order valence-electron chi connectivity index (χ3n) is 14.0. The van der Waals surface area contributed by atoms with E-state index in [4.69, 9.17) is 25.8 Å². The van der Waals surface area contributed by atoms with Gasteiger partial charge in [-0.25, -0.2) is 0 Å². The highest BCUT2D eigenvalue weighted by atomic mass is 35.5. The van der Waals surface area contributed by atoms with E-state index in [1.807, 2.05) is 48.7 Å². The Hall–Kier alpha value is -4.68. The van der Waals surface area contributed by atoms with Crippen LogP contribution in [0.25, 0.3) is 5.57 Å². The molecule has 3 aromatic carbocycles. The molecule has 4 aliphatic heterocycles. The zero-order valence-electron chi connectivity index (χ0n) is 37.5. The normalized spacial score (nSPS) is 27.1. The van der Waals surface area contributed by atoms with E-state index >= 15 is 0 Å². The van der Waals surface area contributed by atoms with Crippen molar-refractivity contribution in [1.29, 1.82) is 5.26 Å². The topological polar surface area (TPSA) is 160 Å². The fraction of sp³-hybridized carbons (Fsp3) is 0.531. The summed E-state index contributed by atoms with van der Waals surface area (Å²) in [5.41, 5.74) is 1.38. The molecule has 4 heterocycles. The molecule has 0 spiro atoms. The molecule has 2 unspecified atom stereocenters. The molecule has 3 saturated heterocycles. The summed E-state index contributed by atoms with van der Waals surface area (Å²) in [7, 11) is 1.79. The number of carbonyl (C=O) groups is 2. The van der Waals surface area contributed by atoms with E-state index in [0.717, 1.165) is 61.3 Å². The minimum Gasteiger partial charge on any atom is -0.493 e. The van der Waals surface area contributed by atoms with E-state index in [1.165, 1.54) is 0 Å². The molecular weight excluding hydrogens is 818 g/mol. The number of halogens is 1. The van der Waals surface area contributed by atoms with E-state index in [1.54, 1.807) is 44.0 Å². The average Bonchev–Trinajstić information content (AvgIpc) is 3.76. The largest absolute Gasteiger partial charge is 0.493 e. The molecule has 63 heavy (non-hydrogen) atoms. The second-order valence-corrected chi connectivity index (χ2v) is 20.2. The van der Waals surface area contributed by atoms with Gasteiger partial charge in [0.2, 0.25) is 11.8 Å². The van der Waals surface area contributed by atoms with Crippen LogP contribution in [0, 0.1) is 39.9 Å². The summed E-state index contributed by atoms with van der Waals surface area (Å²) in [5.74, 6) is 3.07. The van der Waals surface area contributed by atoms with E-state index in [0.29, 0.717) is 53.4 Å². The summed E-state index contributed by atoms with van der Waals surface area (Å²) in [6.07, 6.45) is 4.62. The van der Waals surface area contributed by atoms with E-state index in [2.05, 4.69) is 59.9 Å². The van der Waals surface area contributed by atoms with Crippen LogP contribution in [0.3, 0.4) is 0 Å². The summed E-state index contributed by atoms with van der Waals surface area (Å²) in [4.78, 5) is 30.6. The first-order valence-electron chi connectivity index (χ1n) is 22.3. The number of aliphatic hydroxyl groups is 1. The molecule has 5 aliphatic rings. The minimum atomic E-state index is -1.04. The van der Waals surface area contributed by atoms with Crippen LogP contribution in [0.4, 0.5) is 0 Å². The Balaban J connectivity index is 0.789. The molecule has 1 saturated carbocycles. The minimum absolute atomic E-state index is 0.0120. The lowest BCUT2D eigenvalue weighted by Crippen LogP contribution is -2.75. The Labute approximate surface area is 376 Å².